The summed E-state index contributed by atoms with van der Waals surface area (Å²) in [5.41, 5.74) is 0. The quantitative estimate of drug-likeness (QED) is 0.790. The van der Waals surface area contributed by atoms with Crippen LogP contribution in [0.25, 0.3) is 0 Å². The van der Waals surface area contributed by atoms with E-state index in [1.165, 1.54) is 38.5 Å². The van der Waals surface area contributed by atoms with Crippen LogP contribution >= 0.6 is 0 Å². The normalized spacial score (nSPS) is 25.2. The molecule has 0 radical (unpaired) electrons. The number of carbonyl (C=O) groups is 1. The fraction of sp³-hybridized carbons (Fsp3) is 0.933. The largest absolute Gasteiger partial charge is 0.376 e. The fourth-order valence-corrected chi connectivity index (χ4v) is 3.15. The molecule has 2 aliphatic rings. The number of rotatable bonds is 6. The van der Waals surface area contributed by atoms with Crippen molar-refractivity contribution in [1.29, 1.82) is 0 Å². The van der Waals surface area contributed by atoms with Crippen LogP contribution in [0.2, 0.25) is 0 Å². The van der Waals surface area contributed by atoms with Gasteiger partial charge in [0.15, 0.2) is 0 Å². The maximum atomic E-state index is 11.7. The van der Waals surface area contributed by atoms with E-state index in [0.717, 1.165) is 31.8 Å². The Morgan fingerprint density at radius 2 is 1.94 bits per heavy atom. The predicted octanol–water partition coefficient (Wildman–Crippen LogP) is 3.03. The molecule has 0 aromatic carbocycles. The first-order valence-corrected chi connectivity index (χ1v) is 7.73. The van der Waals surface area contributed by atoms with E-state index in [2.05, 4.69) is 5.32 Å². The highest BCUT2D eigenvalue weighted by Gasteiger charge is 2.16. The molecular weight excluding hydrogens is 226 g/mol. The van der Waals surface area contributed by atoms with E-state index in [-0.39, 0.29) is 12.0 Å². The van der Waals surface area contributed by atoms with Gasteiger partial charge < -0.3 is 10.1 Å². The van der Waals surface area contributed by atoms with Crippen molar-refractivity contribution in [2.45, 2.75) is 70.3 Å². The second kappa shape index (κ2) is 7.78. The third kappa shape index (κ3) is 4.97. The van der Waals surface area contributed by atoms with Gasteiger partial charge in [-0.2, -0.15) is 0 Å². The molecule has 3 nitrogen and oxygen atoms in total. The van der Waals surface area contributed by atoms with Crippen molar-refractivity contribution in [3.05, 3.63) is 0 Å². The Labute approximate surface area is 111 Å². The van der Waals surface area contributed by atoms with Crippen molar-refractivity contribution >= 4 is 5.91 Å². The molecule has 18 heavy (non-hydrogen) atoms. The fourth-order valence-electron chi connectivity index (χ4n) is 3.15. The van der Waals surface area contributed by atoms with Crippen LogP contribution in [-0.2, 0) is 9.53 Å². The summed E-state index contributed by atoms with van der Waals surface area (Å²) in [6, 6.07) is 0. The van der Waals surface area contributed by atoms with Gasteiger partial charge in [-0.15, -0.1) is 0 Å². The smallest absolute Gasteiger partial charge is 0.220 e. The lowest BCUT2D eigenvalue weighted by Gasteiger charge is -2.21. The van der Waals surface area contributed by atoms with E-state index in [0.29, 0.717) is 13.0 Å². The lowest BCUT2D eigenvalue weighted by atomic mass is 9.86. The summed E-state index contributed by atoms with van der Waals surface area (Å²) >= 11 is 0. The zero-order chi connectivity index (χ0) is 12.6. The van der Waals surface area contributed by atoms with Crippen molar-refractivity contribution < 1.29 is 9.53 Å². The summed E-state index contributed by atoms with van der Waals surface area (Å²) in [5, 5.41) is 3.00. The average molecular weight is 253 g/mol. The van der Waals surface area contributed by atoms with E-state index >= 15 is 0 Å². The predicted molar refractivity (Wildman–Crippen MR) is 72.4 cm³/mol. The standard InChI is InChI=1S/C15H27NO2/c17-15(16-12-14-9-5-11-18-14)10-4-8-13-6-2-1-3-7-13/h13-14H,1-12H2,(H,16,17). The highest BCUT2D eigenvalue weighted by atomic mass is 16.5. The first kappa shape index (κ1) is 13.9. The molecule has 1 saturated heterocycles. The van der Waals surface area contributed by atoms with E-state index in [1.807, 2.05) is 0 Å². The highest BCUT2D eigenvalue weighted by molar-refractivity contribution is 5.75. The Balaban J connectivity index is 1.48. The van der Waals surface area contributed by atoms with Crippen LogP contribution in [0.15, 0.2) is 0 Å². The molecule has 0 aromatic rings. The van der Waals surface area contributed by atoms with Crippen molar-refractivity contribution in [2.75, 3.05) is 13.2 Å². The van der Waals surface area contributed by atoms with Gasteiger partial charge in [0.25, 0.3) is 0 Å². The highest BCUT2D eigenvalue weighted by Crippen LogP contribution is 2.27. The summed E-state index contributed by atoms with van der Waals surface area (Å²) in [4.78, 5) is 11.7. The van der Waals surface area contributed by atoms with Crippen molar-refractivity contribution in [2.24, 2.45) is 5.92 Å². The van der Waals surface area contributed by atoms with Gasteiger partial charge in [0, 0.05) is 19.6 Å². The summed E-state index contributed by atoms with van der Waals surface area (Å²) in [7, 11) is 0. The Morgan fingerprint density at radius 3 is 2.67 bits per heavy atom. The molecule has 1 atom stereocenters. The maximum Gasteiger partial charge on any atom is 0.220 e. The number of amides is 1. The maximum absolute atomic E-state index is 11.7. The van der Waals surface area contributed by atoms with Crippen molar-refractivity contribution in [1.82, 2.24) is 5.32 Å². The second-order valence-corrected chi connectivity index (χ2v) is 5.84. The topological polar surface area (TPSA) is 38.3 Å². The lowest BCUT2D eigenvalue weighted by molar-refractivity contribution is -0.121. The van der Waals surface area contributed by atoms with Gasteiger partial charge in [0.2, 0.25) is 5.91 Å². The number of carbonyl (C=O) groups excluding carboxylic acids is 1. The average Bonchev–Trinajstić information content (AvgIpc) is 2.91. The van der Waals surface area contributed by atoms with Crippen LogP contribution in [0.1, 0.15) is 64.2 Å². The molecule has 1 aliphatic heterocycles. The van der Waals surface area contributed by atoms with Gasteiger partial charge in [0.05, 0.1) is 6.10 Å². The molecule has 104 valence electrons. The minimum atomic E-state index is 0.210. The van der Waals surface area contributed by atoms with Crippen molar-refractivity contribution in [3.63, 3.8) is 0 Å². The van der Waals surface area contributed by atoms with E-state index < -0.39 is 0 Å². The molecule has 1 saturated carbocycles. The zero-order valence-electron chi connectivity index (χ0n) is 11.5. The van der Waals surface area contributed by atoms with E-state index in [1.54, 1.807) is 0 Å². The van der Waals surface area contributed by atoms with Crippen LogP contribution in [0.5, 0.6) is 0 Å². The Bertz CT molecular complexity index is 243. The van der Waals surface area contributed by atoms with Crippen LogP contribution < -0.4 is 5.32 Å². The molecule has 0 bridgehead atoms. The van der Waals surface area contributed by atoms with Gasteiger partial charge in [-0.05, 0) is 31.6 Å². The Kier molecular flexibility index (Phi) is 5.98. The zero-order valence-corrected chi connectivity index (χ0v) is 11.5. The molecule has 2 fully saturated rings. The van der Waals surface area contributed by atoms with E-state index in [9.17, 15) is 4.79 Å². The number of hydrogen-bond acceptors (Lipinski definition) is 2. The van der Waals surface area contributed by atoms with Gasteiger partial charge in [-0.1, -0.05) is 32.1 Å². The summed E-state index contributed by atoms with van der Waals surface area (Å²) in [6.45, 7) is 1.57. The van der Waals surface area contributed by atoms with Crippen LogP contribution in [-0.4, -0.2) is 25.2 Å². The third-order valence-corrected chi connectivity index (χ3v) is 4.29. The summed E-state index contributed by atoms with van der Waals surface area (Å²) in [6.07, 6.45) is 12.5. The molecule has 0 spiro atoms. The van der Waals surface area contributed by atoms with Crippen LogP contribution in [0.4, 0.5) is 0 Å². The van der Waals surface area contributed by atoms with E-state index in [4.69, 9.17) is 4.74 Å². The number of nitrogens with one attached hydrogen (secondary N) is 1. The summed E-state index contributed by atoms with van der Waals surface area (Å²) < 4.78 is 5.49. The summed E-state index contributed by atoms with van der Waals surface area (Å²) in [5.74, 6) is 1.10. The third-order valence-electron chi connectivity index (χ3n) is 4.29. The Morgan fingerprint density at radius 1 is 1.11 bits per heavy atom. The number of hydrogen-bond donors (Lipinski definition) is 1. The number of ether oxygens (including phenoxy) is 1. The molecule has 2 rings (SSSR count). The molecule has 0 aromatic heterocycles. The van der Waals surface area contributed by atoms with Gasteiger partial charge in [-0.25, -0.2) is 0 Å². The monoisotopic (exact) mass is 253 g/mol. The van der Waals surface area contributed by atoms with Crippen molar-refractivity contribution in [3.8, 4) is 0 Å². The molecule has 1 aliphatic carbocycles. The lowest BCUT2D eigenvalue weighted by Crippen LogP contribution is -2.31. The second-order valence-electron chi connectivity index (χ2n) is 5.84. The first-order chi connectivity index (χ1) is 8.84. The molecule has 1 amide bonds. The van der Waals surface area contributed by atoms with Crippen LogP contribution in [0, 0.1) is 5.92 Å². The van der Waals surface area contributed by atoms with Gasteiger partial charge >= 0.3 is 0 Å². The molecule has 1 N–H and O–H groups in total. The van der Waals surface area contributed by atoms with Crippen LogP contribution in [0.3, 0.4) is 0 Å². The SMILES string of the molecule is O=C(CCCC1CCCCC1)NCC1CCCO1. The minimum Gasteiger partial charge on any atom is -0.376 e. The molecular formula is C15H27NO2. The Hall–Kier alpha value is -0.570. The molecule has 1 unspecified atom stereocenters. The van der Waals surface area contributed by atoms with Gasteiger partial charge in [0.1, 0.15) is 0 Å². The molecule has 3 heteroatoms. The minimum absolute atomic E-state index is 0.210. The molecule has 1 heterocycles. The van der Waals surface area contributed by atoms with Gasteiger partial charge in [-0.3, -0.25) is 4.79 Å². The first-order valence-electron chi connectivity index (χ1n) is 7.73.